The molecule has 1 amide bonds. The summed E-state index contributed by atoms with van der Waals surface area (Å²) in [6.07, 6.45) is -0.388. The summed E-state index contributed by atoms with van der Waals surface area (Å²) in [7, 11) is -2.55. The number of sulfonamides is 1. The van der Waals surface area contributed by atoms with Gasteiger partial charge in [0.05, 0.1) is 11.0 Å². The number of carbonyl (C=O) groups is 2. The van der Waals surface area contributed by atoms with Gasteiger partial charge in [-0.1, -0.05) is 19.4 Å². The summed E-state index contributed by atoms with van der Waals surface area (Å²) in [5.74, 6) is -1.62. The number of hydrogen-bond donors (Lipinski definition) is 3. The molecule has 0 aromatic heterocycles. The summed E-state index contributed by atoms with van der Waals surface area (Å²) < 4.78 is 27.1. The van der Waals surface area contributed by atoms with Gasteiger partial charge in [-0.2, -0.15) is 4.31 Å². The predicted octanol–water partition coefficient (Wildman–Crippen LogP) is 0.673. The molecular formula is C17H24N2O6S. The summed E-state index contributed by atoms with van der Waals surface area (Å²) in [4.78, 5) is 23.5. The molecule has 1 aromatic carbocycles. The van der Waals surface area contributed by atoms with Crippen molar-refractivity contribution in [3.05, 3.63) is 29.8 Å². The largest absolute Gasteiger partial charge is 0.481 e. The van der Waals surface area contributed by atoms with Gasteiger partial charge in [-0.3, -0.25) is 9.59 Å². The van der Waals surface area contributed by atoms with Gasteiger partial charge in [-0.15, -0.1) is 0 Å². The first-order valence-electron chi connectivity index (χ1n) is 8.43. The first kappa shape index (κ1) is 20.3. The van der Waals surface area contributed by atoms with Crippen molar-refractivity contribution in [1.82, 2.24) is 9.62 Å². The average Bonchev–Trinajstić information content (AvgIpc) is 2.62. The van der Waals surface area contributed by atoms with E-state index in [4.69, 9.17) is 0 Å². The van der Waals surface area contributed by atoms with Crippen LogP contribution in [0.4, 0.5) is 0 Å². The van der Waals surface area contributed by atoms with Crippen LogP contribution in [0.5, 0.6) is 0 Å². The third-order valence-corrected chi connectivity index (χ3v) is 6.67. The highest BCUT2D eigenvalue weighted by molar-refractivity contribution is 7.89. The Labute approximate surface area is 152 Å². The van der Waals surface area contributed by atoms with Crippen molar-refractivity contribution < 1.29 is 28.2 Å². The van der Waals surface area contributed by atoms with E-state index in [0.29, 0.717) is 6.42 Å². The van der Waals surface area contributed by atoms with Crippen LogP contribution in [-0.4, -0.2) is 61.1 Å². The molecule has 9 heteroatoms. The van der Waals surface area contributed by atoms with Crippen LogP contribution in [0.15, 0.2) is 29.2 Å². The second kappa shape index (κ2) is 7.73. The fraction of sp³-hybridized carbons (Fsp3) is 0.529. The number of nitrogens with one attached hydrogen (secondary N) is 1. The highest BCUT2D eigenvalue weighted by Crippen LogP contribution is 2.37. The molecular weight excluding hydrogens is 360 g/mol. The molecule has 8 nitrogen and oxygen atoms in total. The van der Waals surface area contributed by atoms with Gasteiger partial charge < -0.3 is 15.5 Å². The van der Waals surface area contributed by atoms with E-state index < -0.39 is 33.4 Å². The van der Waals surface area contributed by atoms with E-state index in [1.54, 1.807) is 6.92 Å². The maximum Gasteiger partial charge on any atom is 0.313 e. The number of carbonyl (C=O) groups excluding carboxylic acids is 1. The minimum atomic E-state index is -3.99. The summed E-state index contributed by atoms with van der Waals surface area (Å²) in [5, 5.41) is 22.4. The number of rotatable bonds is 6. The maximum atomic E-state index is 13.0. The molecule has 1 heterocycles. The van der Waals surface area contributed by atoms with Crippen LogP contribution in [0.2, 0.25) is 0 Å². The van der Waals surface area contributed by atoms with Gasteiger partial charge in [0, 0.05) is 25.7 Å². The highest BCUT2D eigenvalue weighted by atomic mass is 32.2. The fourth-order valence-electron chi connectivity index (χ4n) is 3.35. The number of piperidine rings is 1. The third-order valence-electron chi connectivity index (χ3n) is 4.83. The quantitative estimate of drug-likeness (QED) is 0.662. The van der Waals surface area contributed by atoms with Crippen LogP contribution >= 0.6 is 0 Å². The minimum Gasteiger partial charge on any atom is -0.481 e. The lowest BCUT2D eigenvalue weighted by Gasteiger charge is -2.42. The summed E-state index contributed by atoms with van der Waals surface area (Å²) in [5.41, 5.74) is -1.33. The number of carboxylic acids is 1. The molecule has 1 fully saturated rings. The Morgan fingerprint density at radius 1 is 1.38 bits per heavy atom. The molecule has 1 aliphatic rings. The molecule has 2 rings (SSSR count). The van der Waals surface area contributed by atoms with Crippen molar-refractivity contribution in [3.8, 4) is 0 Å². The Kier molecular flexibility index (Phi) is 6.05. The van der Waals surface area contributed by atoms with Crippen LogP contribution in [0.3, 0.4) is 0 Å². The molecule has 0 unspecified atom stereocenters. The standard InChI is InChI=1S/C17H24N2O6S/c1-3-8-17(16(22)23)11-19(9-7-14(17)20)26(24,25)13-6-4-5-12(10-13)15(21)18-2/h4-6,10,14,20H,3,7-9,11H2,1-2H3,(H,18,21)(H,22,23)/t14-,17+/m1/s1. The van der Waals surface area contributed by atoms with E-state index in [9.17, 15) is 28.2 Å². The SMILES string of the molecule is CCC[C@]1(C(=O)O)CN(S(=O)(=O)c2cccc(C(=O)NC)c2)CC[C@H]1O. The van der Waals surface area contributed by atoms with E-state index in [-0.39, 0.29) is 36.4 Å². The number of nitrogens with zero attached hydrogens (tertiary/aromatic N) is 1. The first-order valence-corrected chi connectivity index (χ1v) is 9.87. The smallest absolute Gasteiger partial charge is 0.313 e. The number of amides is 1. The molecule has 1 saturated heterocycles. The number of hydrogen-bond acceptors (Lipinski definition) is 5. The van der Waals surface area contributed by atoms with Gasteiger partial charge >= 0.3 is 5.97 Å². The van der Waals surface area contributed by atoms with Gasteiger partial charge in [0.1, 0.15) is 5.41 Å². The van der Waals surface area contributed by atoms with Crippen LogP contribution in [0.1, 0.15) is 36.5 Å². The van der Waals surface area contributed by atoms with Gasteiger partial charge in [0.25, 0.3) is 5.91 Å². The van der Waals surface area contributed by atoms with Crippen molar-refractivity contribution in [1.29, 1.82) is 0 Å². The average molecular weight is 384 g/mol. The van der Waals surface area contributed by atoms with E-state index in [0.717, 1.165) is 4.31 Å². The second-order valence-corrected chi connectivity index (χ2v) is 8.40. The topological polar surface area (TPSA) is 124 Å². The monoisotopic (exact) mass is 384 g/mol. The number of aliphatic hydroxyl groups is 1. The van der Waals surface area contributed by atoms with E-state index in [2.05, 4.69) is 5.32 Å². The summed E-state index contributed by atoms with van der Waals surface area (Å²) in [6, 6.07) is 5.60. The lowest BCUT2D eigenvalue weighted by molar-refractivity contribution is -0.161. The molecule has 3 N–H and O–H groups in total. The zero-order chi connectivity index (χ0) is 19.5. The van der Waals surface area contributed by atoms with Crippen LogP contribution < -0.4 is 5.32 Å². The molecule has 1 aromatic rings. The van der Waals surface area contributed by atoms with Crippen LogP contribution in [-0.2, 0) is 14.8 Å². The van der Waals surface area contributed by atoms with Gasteiger partial charge in [0.2, 0.25) is 10.0 Å². The van der Waals surface area contributed by atoms with Crippen LogP contribution in [0, 0.1) is 5.41 Å². The van der Waals surface area contributed by atoms with Crippen molar-refractivity contribution in [2.75, 3.05) is 20.1 Å². The van der Waals surface area contributed by atoms with E-state index >= 15 is 0 Å². The van der Waals surface area contributed by atoms with Crippen molar-refractivity contribution in [2.24, 2.45) is 5.41 Å². The van der Waals surface area contributed by atoms with E-state index in [1.807, 2.05) is 0 Å². The highest BCUT2D eigenvalue weighted by Gasteiger charge is 2.50. The molecule has 0 bridgehead atoms. The molecule has 0 saturated carbocycles. The molecule has 0 spiro atoms. The predicted molar refractivity (Wildman–Crippen MR) is 94.2 cm³/mol. The van der Waals surface area contributed by atoms with Gasteiger partial charge in [-0.05, 0) is 31.0 Å². The molecule has 26 heavy (non-hydrogen) atoms. The Hall–Kier alpha value is -1.97. The Morgan fingerprint density at radius 3 is 2.65 bits per heavy atom. The lowest BCUT2D eigenvalue weighted by Crippen LogP contribution is -2.57. The first-order chi connectivity index (χ1) is 12.2. The fourth-order valence-corrected chi connectivity index (χ4v) is 4.92. The summed E-state index contributed by atoms with van der Waals surface area (Å²) in [6.45, 7) is 1.51. The number of carboxylic acid groups (broad SMARTS) is 1. The van der Waals surface area contributed by atoms with Gasteiger partial charge in [-0.25, -0.2) is 8.42 Å². The molecule has 144 valence electrons. The Balaban J connectivity index is 2.40. The maximum absolute atomic E-state index is 13.0. The molecule has 0 aliphatic carbocycles. The zero-order valence-corrected chi connectivity index (χ0v) is 15.6. The number of aliphatic carboxylic acids is 1. The van der Waals surface area contributed by atoms with Crippen molar-refractivity contribution >= 4 is 21.9 Å². The zero-order valence-electron chi connectivity index (χ0n) is 14.8. The van der Waals surface area contributed by atoms with Gasteiger partial charge in [0.15, 0.2) is 0 Å². The van der Waals surface area contributed by atoms with Crippen LogP contribution in [0.25, 0.3) is 0 Å². The Bertz CT molecular complexity index is 794. The Morgan fingerprint density at radius 2 is 2.08 bits per heavy atom. The van der Waals surface area contributed by atoms with E-state index in [1.165, 1.54) is 31.3 Å². The number of aliphatic hydroxyl groups excluding tert-OH is 1. The second-order valence-electron chi connectivity index (χ2n) is 6.46. The normalized spacial score (nSPS) is 24.2. The molecule has 2 atom stereocenters. The minimum absolute atomic E-state index is 0.0203. The lowest BCUT2D eigenvalue weighted by atomic mass is 9.74. The molecule has 1 aliphatic heterocycles. The van der Waals surface area contributed by atoms with Crippen molar-refractivity contribution in [3.63, 3.8) is 0 Å². The third kappa shape index (κ3) is 3.60. The number of benzene rings is 1. The molecule has 0 radical (unpaired) electrons. The van der Waals surface area contributed by atoms with Crippen molar-refractivity contribution in [2.45, 2.75) is 37.2 Å². The summed E-state index contributed by atoms with van der Waals surface area (Å²) >= 11 is 0.